The molecule has 0 fully saturated rings. The van der Waals surface area contributed by atoms with Crippen molar-refractivity contribution in [2.75, 3.05) is 6.54 Å². The van der Waals surface area contributed by atoms with Crippen molar-refractivity contribution in [2.45, 2.75) is 25.3 Å². The maximum Gasteiger partial charge on any atom is 0.221 e. The van der Waals surface area contributed by atoms with E-state index >= 15 is 0 Å². The van der Waals surface area contributed by atoms with Crippen LogP contribution in [0, 0.1) is 5.82 Å². The Kier molecular flexibility index (Phi) is 6.56. The van der Waals surface area contributed by atoms with Crippen LogP contribution in [0.5, 0.6) is 0 Å². The van der Waals surface area contributed by atoms with Crippen LogP contribution in [0.3, 0.4) is 0 Å². The number of rotatable bonds is 7. The van der Waals surface area contributed by atoms with Gasteiger partial charge in [0.2, 0.25) is 5.91 Å². The molecule has 0 bridgehead atoms. The minimum absolute atomic E-state index is 0.129. The Labute approximate surface area is 140 Å². The van der Waals surface area contributed by atoms with Gasteiger partial charge in [0.25, 0.3) is 0 Å². The SMILES string of the molecule is N[C@@H](CC(=O)NCCc1cccc(Cl)c1)Cc1ccccc1F. The predicted molar refractivity (Wildman–Crippen MR) is 90.9 cm³/mol. The van der Waals surface area contributed by atoms with Gasteiger partial charge in [0, 0.05) is 24.0 Å². The Hall–Kier alpha value is -1.91. The van der Waals surface area contributed by atoms with Gasteiger partial charge in [-0.2, -0.15) is 0 Å². The highest BCUT2D eigenvalue weighted by molar-refractivity contribution is 6.30. The van der Waals surface area contributed by atoms with E-state index in [0.29, 0.717) is 30.0 Å². The molecule has 0 aromatic heterocycles. The number of amides is 1. The molecule has 0 aliphatic heterocycles. The minimum atomic E-state index is -0.405. The first-order valence-electron chi connectivity index (χ1n) is 7.54. The molecule has 3 nitrogen and oxygen atoms in total. The van der Waals surface area contributed by atoms with Crippen LogP contribution >= 0.6 is 11.6 Å². The lowest BCUT2D eigenvalue weighted by Crippen LogP contribution is -2.34. The molecular formula is C18H20ClFN2O. The third-order valence-electron chi connectivity index (χ3n) is 3.51. The second-order valence-corrected chi connectivity index (χ2v) is 5.93. The first-order chi connectivity index (χ1) is 11.0. The number of carbonyl (C=O) groups excluding carboxylic acids is 1. The van der Waals surface area contributed by atoms with E-state index in [1.165, 1.54) is 6.07 Å². The monoisotopic (exact) mass is 334 g/mol. The summed E-state index contributed by atoms with van der Waals surface area (Å²) in [7, 11) is 0. The van der Waals surface area contributed by atoms with Crippen LogP contribution in [-0.4, -0.2) is 18.5 Å². The van der Waals surface area contributed by atoms with E-state index in [9.17, 15) is 9.18 Å². The topological polar surface area (TPSA) is 55.1 Å². The highest BCUT2D eigenvalue weighted by Crippen LogP contribution is 2.11. The predicted octanol–water partition coefficient (Wildman–Crippen LogP) is 3.10. The fourth-order valence-electron chi connectivity index (χ4n) is 2.37. The van der Waals surface area contributed by atoms with Crippen LogP contribution in [0.25, 0.3) is 0 Å². The zero-order valence-corrected chi connectivity index (χ0v) is 13.5. The summed E-state index contributed by atoms with van der Waals surface area (Å²) in [6.07, 6.45) is 1.22. The Morgan fingerprint density at radius 2 is 2.00 bits per heavy atom. The summed E-state index contributed by atoms with van der Waals surface area (Å²) < 4.78 is 13.5. The van der Waals surface area contributed by atoms with Crippen molar-refractivity contribution in [3.8, 4) is 0 Å². The molecule has 0 saturated carbocycles. The van der Waals surface area contributed by atoms with Crippen molar-refractivity contribution in [2.24, 2.45) is 5.73 Å². The average molecular weight is 335 g/mol. The second-order valence-electron chi connectivity index (χ2n) is 5.49. The summed E-state index contributed by atoms with van der Waals surface area (Å²) in [5, 5.41) is 3.51. The van der Waals surface area contributed by atoms with Crippen LogP contribution < -0.4 is 11.1 Å². The number of benzene rings is 2. The molecule has 2 rings (SSSR count). The smallest absolute Gasteiger partial charge is 0.221 e. The molecule has 122 valence electrons. The molecule has 23 heavy (non-hydrogen) atoms. The lowest BCUT2D eigenvalue weighted by atomic mass is 10.0. The van der Waals surface area contributed by atoms with Crippen molar-refractivity contribution < 1.29 is 9.18 Å². The molecule has 0 aliphatic rings. The molecule has 0 radical (unpaired) electrons. The van der Waals surface area contributed by atoms with Crippen molar-refractivity contribution >= 4 is 17.5 Å². The third kappa shape index (κ3) is 6.00. The van der Waals surface area contributed by atoms with Gasteiger partial charge in [-0.3, -0.25) is 4.79 Å². The van der Waals surface area contributed by atoms with Gasteiger partial charge in [-0.05, 0) is 42.2 Å². The van der Waals surface area contributed by atoms with Crippen molar-refractivity contribution in [3.63, 3.8) is 0 Å². The maximum atomic E-state index is 13.5. The van der Waals surface area contributed by atoms with Crippen LogP contribution in [-0.2, 0) is 17.6 Å². The highest BCUT2D eigenvalue weighted by Gasteiger charge is 2.12. The first-order valence-corrected chi connectivity index (χ1v) is 7.92. The van der Waals surface area contributed by atoms with Gasteiger partial charge in [-0.25, -0.2) is 4.39 Å². The number of halogens is 2. The largest absolute Gasteiger partial charge is 0.356 e. The van der Waals surface area contributed by atoms with Gasteiger partial charge in [0.1, 0.15) is 5.82 Å². The van der Waals surface area contributed by atoms with E-state index in [-0.39, 0.29) is 18.1 Å². The van der Waals surface area contributed by atoms with E-state index in [1.54, 1.807) is 18.2 Å². The van der Waals surface area contributed by atoms with E-state index in [1.807, 2.05) is 24.3 Å². The number of carbonyl (C=O) groups is 1. The molecule has 0 heterocycles. The number of nitrogens with one attached hydrogen (secondary N) is 1. The van der Waals surface area contributed by atoms with Gasteiger partial charge >= 0.3 is 0 Å². The molecule has 2 aromatic carbocycles. The van der Waals surface area contributed by atoms with Crippen LogP contribution in [0.4, 0.5) is 4.39 Å². The summed E-state index contributed by atoms with van der Waals surface area (Å²) in [5.74, 6) is -0.416. The molecule has 0 aliphatic carbocycles. The third-order valence-corrected chi connectivity index (χ3v) is 3.75. The molecule has 2 aromatic rings. The van der Waals surface area contributed by atoms with Gasteiger partial charge in [0.05, 0.1) is 0 Å². The zero-order valence-electron chi connectivity index (χ0n) is 12.8. The molecule has 3 N–H and O–H groups in total. The van der Waals surface area contributed by atoms with E-state index < -0.39 is 6.04 Å². The van der Waals surface area contributed by atoms with Gasteiger partial charge in [-0.1, -0.05) is 41.9 Å². The molecule has 1 atom stereocenters. The normalized spacial score (nSPS) is 12.0. The van der Waals surface area contributed by atoms with Crippen molar-refractivity contribution in [3.05, 3.63) is 70.5 Å². The lowest BCUT2D eigenvalue weighted by molar-refractivity contribution is -0.121. The summed E-state index contributed by atoms with van der Waals surface area (Å²) >= 11 is 5.91. The summed E-state index contributed by atoms with van der Waals surface area (Å²) in [5.41, 5.74) is 7.53. The quantitative estimate of drug-likeness (QED) is 0.817. The number of hydrogen-bond acceptors (Lipinski definition) is 2. The zero-order chi connectivity index (χ0) is 16.7. The van der Waals surface area contributed by atoms with Crippen LogP contribution in [0.15, 0.2) is 48.5 Å². The molecule has 0 spiro atoms. The second kappa shape index (κ2) is 8.65. The van der Waals surface area contributed by atoms with Crippen molar-refractivity contribution in [1.82, 2.24) is 5.32 Å². The Morgan fingerprint density at radius 3 is 2.74 bits per heavy atom. The summed E-state index contributed by atoms with van der Waals surface area (Å²) in [6.45, 7) is 0.519. The maximum absolute atomic E-state index is 13.5. The molecular weight excluding hydrogens is 315 g/mol. The summed E-state index contributed by atoms with van der Waals surface area (Å²) in [6, 6.07) is 13.6. The number of hydrogen-bond donors (Lipinski definition) is 2. The Balaban J connectivity index is 1.73. The Bertz CT molecular complexity index is 663. The fraction of sp³-hybridized carbons (Fsp3) is 0.278. The summed E-state index contributed by atoms with van der Waals surface area (Å²) in [4.78, 5) is 11.9. The molecule has 0 saturated heterocycles. The van der Waals surface area contributed by atoms with Crippen molar-refractivity contribution in [1.29, 1.82) is 0 Å². The molecule has 0 unspecified atom stereocenters. The van der Waals surface area contributed by atoms with Gasteiger partial charge < -0.3 is 11.1 Å². The molecule has 5 heteroatoms. The molecule has 1 amide bonds. The van der Waals surface area contributed by atoms with E-state index in [4.69, 9.17) is 17.3 Å². The first kappa shape index (κ1) is 17.4. The lowest BCUT2D eigenvalue weighted by Gasteiger charge is -2.12. The highest BCUT2D eigenvalue weighted by atomic mass is 35.5. The standard InChI is InChI=1S/C18H20ClFN2O/c19-15-6-3-4-13(10-15)8-9-22-18(23)12-16(21)11-14-5-1-2-7-17(14)20/h1-7,10,16H,8-9,11-12,21H2,(H,22,23)/t16-/m1/s1. The van der Waals surface area contributed by atoms with E-state index in [2.05, 4.69) is 5.32 Å². The van der Waals surface area contributed by atoms with Gasteiger partial charge in [-0.15, -0.1) is 0 Å². The fourth-order valence-corrected chi connectivity index (χ4v) is 2.58. The number of nitrogens with two attached hydrogens (primary N) is 1. The van der Waals surface area contributed by atoms with Crippen LogP contribution in [0.1, 0.15) is 17.5 Å². The van der Waals surface area contributed by atoms with Gasteiger partial charge in [0.15, 0.2) is 0 Å². The average Bonchev–Trinajstić information content (AvgIpc) is 2.49. The minimum Gasteiger partial charge on any atom is -0.356 e. The van der Waals surface area contributed by atoms with Crippen LogP contribution in [0.2, 0.25) is 5.02 Å². The van der Waals surface area contributed by atoms with E-state index in [0.717, 1.165) is 5.56 Å². The Morgan fingerprint density at radius 1 is 1.22 bits per heavy atom.